The van der Waals surface area contributed by atoms with E-state index in [0.717, 1.165) is 56.0 Å². The van der Waals surface area contributed by atoms with Crippen molar-refractivity contribution >= 4 is 83.4 Å². The fraction of sp³-hybridized carbons (Fsp3) is 0. The number of benzene rings is 7. The summed E-state index contributed by atoms with van der Waals surface area (Å²) in [5.74, 6) is 3.40. The maximum Gasteiger partial charge on any atom is 0.260 e. The van der Waals surface area contributed by atoms with E-state index in [4.69, 9.17) is 14.5 Å². The highest BCUT2D eigenvalue weighted by molar-refractivity contribution is 7.30. The summed E-state index contributed by atoms with van der Waals surface area (Å²) in [5, 5.41) is 7.83. The van der Waals surface area contributed by atoms with Gasteiger partial charge in [0.15, 0.2) is 8.07 Å². The van der Waals surface area contributed by atoms with Gasteiger partial charge in [-0.3, -0.25) is 4.98 Å². The minimum Gasteiger partial charge on any atom is -0.458 e. The van der Waals surface area contributed by atoms with Crippen molar-refractivity contribution in [2.24, 2.45) is 0 Å². The lowest BCUT2D eigenvalue weighted by Gasteiger charge is -2.34. The second kappa shape index (κ2) is 11.9. The van der Waals surface area contributed by atoms with Crippen LogP contribution in [0.5, 0.6) is 23.0 Å². The molecule has 4 heterocycles. The van der Waals surface area contributed by atoms with Crippen molar-refractivity contribution in [2.45, 2.75) is 0 Å². The molecule has 0 saturated heterocycles. The van der Waals surface area contributed by atoms with E-state index in [-0.39, 0.29) is 6.71 Å². The Balaban J connectivity index is 1.17. The van der Waals surface area contributed by atoms with Crippen LogP contribution in [0.25, 0.3) is 31.4 Å². The summed E-state index contributed by atoms with van der Waals surface area (Å²) < 4.78 is 15.9. The molecule has 0 N–H and O–H groups in total. The molecular weight excluding hydrogens is 681 g/mol. The van der Waals surface area contributed by atoms with E-state index in [0.29, 0.717) is 0 Å². The summed E-state index contributed by atoms with van der Waals surface area (Å²) >= 11 is 1.87. The zero-order valence-electron chi connectivity index (χ0n) is 28.6. The molecule has 0 unspecified atom stereocenters. The Kier molecular flexibility index (Phi) is 6.84. The van der Waals surface area contributed by atoms with E-state index in [9.17, 15) is 0 Å². The van der Waals surface area contributed by atoms with Crippen LogP contribution in [0, 0.1) is 0 Å². The van der Waals surface area contributed by atoms with Crippen LogP contribution in [0.15, 0.2) is 182 Å². The normalized spacial score (nSPS) is 12.8. The molecule has 6 heteroatoms. The SMILES string of the molecule is c1ccc([Si](c2ccccc2)(c2ccccc2)c2cccc3c2sc2ccnc(-c4cc5c6c(c4)Oc4ccccc4B6c4ccccc4O5)c23)cc1. The minimum atomic E-state index is -2.78. The van der Waals surface area contributed by atoms with E-state index in [2.05, 4.69) is 164 Å². The Morgan fingerprint density at radius 1 is 0.509 bits per heavy atom. The quantitative estimate of drug-likeness (QED) is 0.140. The van der Waals surface area contributed by atoms with Crippen molar-refractivity contribution in [3.63, 3.8) is 0 Å². The molecule has 0 spiro atoms. The summed E-state index contributed by atoms with van der Waals surface area (Å²) in [5.41, 5.74) is 5.29. The van der Waals surface area contributed by atoms with Gasteiger partial charge in [0.25, 0.3) is 6.71 Å². The maximum atomic E-state index is 6.69. The standard InChI is InChI=1S/C47H30BNO2SSi/c1-4-15-32(16-5-1)53(33-17-6-2-7-18-33,34-19-8-3-9-20-34)43-26-14-21-35-44-42(52-47(35)43)27-28-49-46(44)31-29-40-45-41(30-31)51-39-25-13-11-23-37(39)48(45)36-22-10-12-24-38(36)50-40/h1-30H. The summed E-state index contributed by atoms with van der Waals surface area (Å²) in [4.78, 5) is 5.12. The Morgan fingerprint density at radius 3 is 1.60 bits per heavy atom. The second-order valence-electron chi connectivity index (χ2n) is 13.8. The highest BCUT2D eigenvalue weighted by Crippen LogP contribution is 2.42. The summed E-state index contributed by atoms with van der Waals surface area (Å²) in [7, 11) is -2.78. The van der Waals surface area contributed by atoms with Gasteiger partial charge in [-0.1, -0.05) is 146 Å². The van der Waals surface area contributed by atoms with E-state index in [1.54, 1.807) is 0 Å². The van der Waals surface area contributed by atoms with Crippen molar-refractivity contribution in [1.82, 2.24) is 4.98 Å². The van der Waals surface area contributed by atoms with E-state index in [1.165, 1.54) is 35.5 Å². The van der Waals surface area contributed by atoms with Crippen LogP contribution in [-0.2, 0) is 0 Å². The molecule has 0 atom stereocenters. The molecule has 2 aliphatic heterocycles. The van der Waals surface area contributed by atoms with E-state index >= 15 is 0 Å². The monoisotopic (exact) mass is 711 g/mol. The predicted octanol–water partition coefficient (Wildman–Crippen LogP) is 7.22. The molecule has 0 amide bonds. The van der Waals surface area contributed by atoms with Gasteiger partial charge in [0.05, 0.1) is 5.69 Å². The molecule has 0 radical (unpaired) electrons. The van der Waals surface area contributed by atoms with Crippen molar-refractivity contribution in [2.75, 3.05) is 0 Å². The van der Waals surface area contributed by atoms with Gasteiger partial charge in [-0.2, -0.15) is 0 Å². The first-order valence-electron chi connectivity index (χ1n) is 18.0. The average molecular weight is 712 g/mol. The molecule has 9 aromatic rings. The number of pyridine rings is 1. The third kappa shape index (κ3) is 4.49. The van der Waals surface area contributed by atoms with Crippen LogP contribution in [0.2, 0.25) is 0 Å². The number of nitrogens with zero attached hydrogens (tertiary/aromatic N) is 1. The van der Waals surface area contributed by atoms with Crippen LogP contribution in [0.1, 0.15) is 0 Å². The number of hydrogen-bond acceptors (Lipinski definition) is 4. The van der Waals surface area contributed by atoms with Gasteiger partial charge in [-0.15, -0.1) is 11.3 Å². The van der Waals surface area contributed by atoms with Crippen LogP contribution in [-0.4, -0.2) is 19.8 Å². The number of fused-ring (bicyclic) bond motifs is 7. The minimum absolute atomic E-state index is 0.0317. The Morgan fingerprint density at radius 2 is 1.04 bits per heavy atom. The molecule has 11 rings (SSSR count). The third-order valence-electron chi connectivity index (χ3n) is 11.0. The number of para-hydroxylation sites is 2. The molecule has 248 valence electrons. The number of rotatable bonds is 5. The summed E-state index contributed by atoms with van der Waals surface area (Å²) in [6, 6.07) is 63.6. The number of hydrogen-bond donors (Lipinski definition) is 0. The highest BCUT2D eigenvalue weighted by Gasteiger charge is 2.43. The van der Waals surface area contributed by atoms with Crippen LogP contribution < -0.4 is 46.6 Å². The van der Waals surface area contributed by atoms with Gasteiger partial charge in [0.1, 0.15) is 23.0 Å². The molecule has 2 aliphatic rings. The van der Waals surface area contributed by atoms with Crippen molar-refractivity contribution < 1.29 is 9.47 Å². The third-order valence-corrected chi connectivity index (χ3v) is 17.2. The van der Waals surface area contributed by atoms with E-state index in [1.807, 2.05) is 29.7 Å². The van der Waals surface area contributed by atoms with Crippen LogP contribution >= 0.6 is 11.3 Å². The van der Waals surface area contributed by atoms with Crippen LogP contribution in [0.4, 0.5) is 0 Å². The lowest BCUT2D eigenvalue weighted by atomic mass is 9.35. The van der Waals surface area contributed by atoms with Gasteiger partial charge < -0.3 is 9.47 Å². The summed E-state index contributed by atoms with van der Waals surface area (Å²) in [6.45, 7) is 0.0317. The van der Waals surface area contributed by atoms with Crippen molar-refractivity contribution in [1.29, 1.82) is 0 Å². The predicted molar refractivity (Wildman–Crippen MR) is 224 cm³/mol. The van der Waals surface area contributed by atoms with Crippen molar-refractivity contribution in [3.8, 4) is 34.3 Å². The van der Waals surface area contributed by atoms with Crippen LogP contribution in [0.3, 0.4) is 0 Å². The Bertz CT molecular complexity index is 2690. The first kappa shape index (κ1) is 30.4. The Hall–Kier alpha value is -6.21. The number of thiophene rings is 1. The molecule has 0 fully saturated rings. The Labute approximate surface area is 312 Å². The fourth-order valence-corrected chi connectivity index (χ4v) is 15.4. The number of ether oxygens (including phenoxy) is 2. The van der Waals surface area contributed by atoms with E-state index < -0.39 is 8.07 Å². The molecule has 7 aromatic carbocycles. The molecular formula is C47H30BNO2SSi. The maximum absolute atomic E-state index is 6.69. The highest BCUT2D eigenvalue weighted by atomic mass is 32.1. The topological polar surface area (TPSA) is 31.4 Å². The lowest BCUT2D eigenvalue weighted by Crippen LogP contribution is -2.74. The largest absolute Gasteiger partial charge is 0.458 e. The van der Waals surface area contributed by atoms with Gasteiger partial charge in [0.2, 0.25) is 0 Å². The average Bonchev–Trinajstić information content (AvgIpc) is 3.62. The molecule has 53 heavy (non-hydrogen) atoms. The smallest absolute Gasteiger partial charge is 0.260 e. The zero-order chi connectivity index (χ0) is 34.9. The number of aromatic nitrogens is 1. The van der Waals surface area contributed by atoms with Gasteiger partial charge in [-0.25, -0.2) is 0 Å². The molecule has 3 nitrogen and oxygen atoms in total. The molecule has 0 aliphatic carbocycles. The lowest BCUT2D eigenvalue weighted by molar-refractivity contribution is 0.465. The summed E-state index contributed by atoms with van der Waals surface area (Å²) in [6.07, 6.45) is 1.95. The second-order valence-corrected chi connectivity index (χ2v) is 18.6. The van der Waals surface area contributed by atoms with Gasteiger partial charge >= 0.3 is 0 Å². The van der Waals surface area contributed by atoms with Crippen molar-refractivity contribution in [3.05, 3.63) is 182 Å². The molecule has 0 saturated carbocycles. The first-order chi connectivity index (χ1) is 26.3. The molecule has 2 aromatic heterocycles. The van der Waals surface area contributed by atoms with Gasteiger partial charge in [0, 0.05) is 37.4 Å². The fourth-order valence-electron chi connectivity index (χ4n) is 8.82. The first-order valence-corrected chi connectivity index (χ1v) is 20.8. The zero-order valence-corrected chi connectivity index (χ0v) is 30.4. The molecule has 0 bridgehead atoms. The van der Waals surface area contributed by atoms with Gasteiger partial charge in [-0.05, 0) is 62.0 Å².